The highest BCUT2D eigenvalue weighted by atomic mass is 32.1. The van der Waals surface area contributed by atoms with Crippen LogP contribution in [0.15, 0.2) is 30.5 Å². The number of halogens is 4. The van der Waals surface area contributed by atoms with Crippen LogP contribution < -0.4 is 4.74 Å². The molecule has 0 aliphatic heterocycles. The zero-order valence-electron chi connectivity index (χ0n) is 15.2. The van der Waals surface area contributed by atoms with Gasteiger partial charge in [-0.3, -0.25) is 0 Å². The number of aryl methyl sites for hydroxylation is 1. The van der Waals surface area contributed by atoms with Gasteiger partial charge in [0.25, 0.3) is 0 Å². The van der Waals surface area contributed by atoms with Crippen LogP contribution in [0.3, 0.4) is 0 Å². The molecule has 2 rings (SSSR count). The van der Waals surface area contributed by atoms with Crippen LogP contribution in [-0.2, 0) is 26.8 Å². The maximum absolute atomic E-state index is 13.5. The first-order valence-electron chi connectivity index (χ1n) is 7.88. The maximum Gasteiger partial charge on any atom is 0.358 e. The van der Waals surface area contributed by atoms with Crippen molar-refractivity contribution in [1.29, 1.82) is 0 Å². The Morgan fingerprint density at radius 3 is 2.57 bits per heavy atom. The molecular formula is C18H17F4NO4S. The van der Waals surface area contributed by atoms with Crippen molar-refractivity contribution in [3.63, 3.8) is 0 Å². The third kappa shape index (κ3) is 4.61. The highest BCUT2D eigenvalue weighted by Gasteiger charge is 2.46. The summed E-state index contributed by atoms with van der Waals surface area (Å²) in [4.78, 5) is 15.7. The summed E-state index contributed by atoms with van der Waals surface area (Å²) < 4.78 is 67.1. The Kier molecular flexibility index (Phi) is 7.00. The highest BCUT2D eigenvalue weighted by molar-refractivity contribution is 7.12. The number of hydrogen-bond donors (Lipinski definition) is 0. The van der Waals surface area contributed by atoms with Gasteiger partial charge in [-0.05, 0) is 18.1 Å². The molecule has 5 nitrogen and oxygen atoms in total. The molecule has 0 radical (unpaired) electrons. The SMILES string of the molecule is CO/C=C(/C(=O)OC)c1ccccc1COc1nc(C(F)(F)C(F)F)sc1C. The molecule has 0 aliphatic rings. The number of thiazole rings is 1. The second-order valence-electron chi connectivity index (χ2n) is 5.51. The number of esters is 1. The summed E-state index contributed by atoms with van der Waals surface area (Å²) in [5.41, 5.74) is 1.09. The Morgan fingerprint density at radius 2 is 1.96 bits per heavy atom. The summed E-state index contributed by atoms with van der Waals surface area (Å²) in [7, 11) is 2.58. The van der Waals surface area contributed by atoms with Crippen LogP contribution in [-0.4, -0.2) is 31.6 Å². The summed E-state index contributed by atoms with van der Waals surface area (Å²) >= 11 is 0.440. The number of benzene rings is 1. The first kappa shape index (κ1) is 21.7. The van der Waals surface area contributed by atoms with Crippen molar-refractivity contribution < 1.29 is 36.6 Å². The lowest BCUT2D eigenvalue weighted by molar-refractivity contribution is -0.135. The number of methoxy groups -OCH3 is 2. The largest absolute Gasteiger partial charge is 0.503 e. The standard InChI is InChI=1S/C18H17F4NO4S/c1-10-14(23-17(28-10)18(21,22)16(19)20)27-8-11-6-4-5-7-12(11)13(9-25-2)15(24)26-3/h4-7,9,16H,8H2,1-3H3/b13-9+. The Balaban J connectivity index is 2.29. The predicted octanol–water partition coefficient (Wildman–Crippen LogP) is 4.55. The van der Waals surface area contributed by atoms with Crippen LogP contribution in [0.1, 0.15) is 21.0 Å². The van der Waals surface area contributed by atoms with Crippen LogP contribution in [0, 0.1) is 6.92 Å². The van der Waals surface area contributed by atoms with E-state index in [4.69, 9.17) is 14.2 Å². The second-order valence-corrected chi connectivity index (χ2v) is 6.71. The van der Waals surface area contributed by atoms with E-state index in [2.05, 4.69) is 4.98 Å². The van der Waals surface area contributed by atoms with E-state index in [1.807, 2.05) is 0 Å². The van der Waals surface area contributed by atoms with E-state index in [1.165, 1.54) is 27.4 Å². The van der Waals surface area contributed by atoms with Crippen molar-refractivity contribution in [2.75, 3.05) is 14.2 Å². The fourth-order valence-electron chi connectivity index (χ4n) is 2.26. The van der Waals surface area contributed by atoms with Crippen LogP contribution in [0.5, 0.6) is 5.88 Å². The van der Waals surface area contributed by atoms with Crippen LogP contribution >= 0.6 is 11.3 Å². The molecule has 1 aromatic heterocycles. The Bertz CT molecular complexity index is 867. The van der Waals surface area contributed by atoms with E-state index in [0.717, 1.165) is 0 Å². The highest BCUT2D eigenvalue weighted by Crippen LogP contribution is 2.40. The topological polar surface area (TPSA) is 57.7 Å². The normalized spacial score (nSPS) is 12.2. The van der Waals surface area contributed by atoms with E-state index in [9.17, 15) is 22.4 Å². The summed E-state index contributed by atoms with van der Waals surface area (Å²) in [6, 6.07) is 6.65. The third-order valence-electron chi connectivity index (χ3n) is 3.63. The van der Waals surface area contributed by atoms with Gasteiger partial charge >= 0.3 is 18.3 Å². The quantitative estimate of drug-likeness (QED) is 0.272. The molecule has 1 aromatic carbocycles. The van der Waals surface area contributed by atoms with Crippen molar-refractivity contribution in [3.8, 4) is 5.88 Å². The van der Waals surface area contributed by atoms with E-state index in [1.54, 1.807) is 24.3 Å². The summed E-state index contributed by atoms with van der Waals surface area (Å²) in [5.74, 6) is -5.17. The monoisotopic (exact) mass is 419 g/mol. The number of nitrogens with zero attached hydrogens (tertiary/aromatic N) is 1. The van der Waals surface area contributed by atoms with E-state index >= 15 is 0 Å². The lowest BCUT2D eigenvalue weighted by Gasteiger charge is -2.12. The molecule has 0 spiro atoms. The third-order valence-corrected chi connectivity index (χ3v) is 4.66. The van der Waals surface area contributed by atoms with Crippen molar-refractivity contribution >= 4 is 22.9 Å². The van der Waals surface area contributed by atoms with Crippen molar-refractivity contribution in [3.05, 3.63) is 51.5 Å². The van der Waals surface area contributed by atoms with E-state index < -0.39 is 23.3 Å². The van der Waals surface area contributed by atoms with Gasteiger partial charge in [0.05, 0.1) is 25.4 Å². The van der Waals surface area contributed by atoms with Crippen molar-refractivity contribution in [2.24, 2.45) is 0 Å². The number of hydrogen-bond acceptors (Lipinski definition) is 6. The van der Waals surface area contributed by atoms with E-state index in [-0.39, 0.29) is 22.9 Å². The molecular weight excluding hydrogens is 402 g/mol. The number of ether oxygens (including phenoxy) is 3. The molecule has 0 bridgehead atoms. The summed E-state index contributed by atoms with van der Waals surface area (Å²) in [6.45, 7) is 1.30. The van der Waals surface area contributed by atoms with Gasteiger partial charge in [-0.15, -0.1) is 11.3 Å². The molecule has 0 fully saturated rings. The van der Waals surface area contributed by atoms with Crippen LogP contribution in [0.25, 0.3) is 5.57 Å². The number of carbonyl (C=O) groups excluding carboxylic acids is 1. The average Bonchev–Trinajstić information content (AvgIpc) is 3.05. The minimum absolute atomic E-state index is 0.129. The predicted molar refractivity (Wildman–Crippen MR) is 94.5 cm³/mol. The molecule has 28 heavy (non-hydrogen) atoms. The van der Waals surface area contributed by atoms with Crippen LogP contribution in [0.4, 0.5) is 17.6 Å². The molecule has 2 aromatic rings. The number of carbonyl (C=O) groups is 1. The fraction of sp³-hybridized carbons (Fsp3) is 0.333. The molecule has 0 amide bonds. The number of alkyl halides is 4. The van der Waals surface area contributed by atoms with Gasteiger partial charge in [0, 0.05) is 0 Å². The number of rotatable bonds is 8. The van der Waals surface area contributed by atoms with Gasteiger partial charge in [-0.25, -0.2) is 13.6 Å². The fourth-order valence-corrected chi connectivity index (χ4v) is 3.09. The summed E-state index contributed by atoms with van der Waals surface area (Å²) in [5, 5.41) is -1.02. The van der Waals surface area contributed by atoms with Gasteiger partial charge in [-0.2, -0.15) is 13.8 Å². The van der Waals surface area contributed by atoms with E-state index in [0.29, 0.717) is 22.5 Å². The Labute approximate surface area is 162 Å². The van der Waals surface area contributed by atoms with Crippen molar-refractivity contribution in [2.45, 2.75) is 25.9 Å². The molecule has 0 saturated carbocycles. The minimum atomic E-state index is -4.35. The first-order chi connectivity index (χ1) is 13.2. The van der Waals surface area contributed by atoms with Gasteiger partial charge in [0.2, 0.25) is 5.88 Å². The molecule has 0 saturated heterocycles. The Hall–Kier alpha value is -2.62. The van der Waals surface area contributed by atoms with Gasteiger partial charge < -0.3 is 14.2 Å². The van der Waals surface area contributed by atoms with Gasteiger partial charge in [0.15, 0.2) is 5.01 Å². The second kappa shape index (κ2) is 9.05. The average molecular weight is 419 g/mol. The minimum Gasteiger partial charge on any atom is -0.503 e. The molecule has 0 unspecified atom stereocenters. The zero-order chi connectivity index (χ0) is 20.9. The molecule has 0 atom stereocenters. The molecule has 10 heteroatoms. The lowest BCUT2D eigenvalue weighted by Crippen LogP contribution is -2.23. The first-order valence-corrected chi connectivity index (χ1v) is 8.70. The Morgan fingerprint density at radius 1 is 1.29 bits per heavy atom. The lowest BCUT2D eigenvalue weighted by atomic mass is 10.0. The summed E-state index contributed by atoms with van der Waals surface area (Å²) in [6.07, 6.45) is -2.66. The molecule has 1 heterocycles. The molecule has 0 N–H and O–H groups in total. The number of aromatic nitrogens is 1. The smallest absolute Gasteiger partial charge is 0.358 e. The zero-order valence-corrected chi connectivity index (χ0v) is 16.0. The molecule has 0 aliphatic carbocycles. The van der Waals surface area contributed by atoms with Gasteiger partial charge in [0.1, 0.15) is 12.2 Å². The van der Waals surface area contributed by atoms with Gasteiger partial charge in [-0.1, -0.05) is 24.3 Å². The van der Waals surface area contributed by atoms with Crippen LogP contribution in [0.2, 0.25) is 0 Å². The maximum atomic E-state index is 13.5. The van der Waals surface area contributed by atoms with Crippen molar-refractivity contribution in [1.82, 2.24) is 4.98 Å². The molecule has 152 valence electrons.